The van der Waals surface area contributed by atoms with Gasteiger partial charge < -0.3 is 4.90 Å². The van der Waals surface area contributed by atoms with E-state index in [4.69, 9.17) is 5.10 Å². The first kappa shape index (κ1) is 24.2. The number of nitrogens with one attached hydrogen (secondary N) is 1. The number of carbonyl (C=O) groups is 1. The predicted octanol–water partition coefficient (Wildman–Crippen LogP) is 4.83. The molecule has 1 amide bonds. The number of aryl methyl sites for hydroxylation is 1. The standard InChI is InChI=1S/C28H35N7O/c1-17(2)24-25(31-32-26(24)22-14-18(3)27-29-16-30-35(27)15-22)21-11-9-20(10-12-21)19(4)34(6)28(36)23-8-7-13-33(23)5/h9-12,14-17,19,23H,7-8,13H2,1-6H3,(H,31,32)/t19-,23-/m0/s1. The van der Waals surface area contributed by atoms with Crippen LogP contribution in [0.3, 0.4) is 0 Å². The molecule has 0 bridgehead atoms. The van der Waals surface area contributed by atoms with Crippen molar-refractivity contribution >= 4 is 11.6 Å². The van der Waals surface area contributed by atoms with Crippen LogP contribution in [0.2, 0.25) is 0 Å². The van der Waals surface area contributed by atoms with Crippen LogP contribution in [0, 0.1) is 6.92 Å². The third-order valence-corrected chi connectivity index (χ3v) is 7.63. The first-order valence-electron chi connectivity index (χ1n) is 12.7. The van der Waals surface area contributed by atoms with Crippen molar-refractivity contribution in [3.05, 3.63) is 59.5 Å². The van der Waals surface area contributed by atoms with Gasteiger partial charge in [0, 0.05) is 29.9 Å². The van der Waals surface area contributed by atoms with Crippen LogP contribution in [0.4, 0.5) is 0 Å². The number of likely N-dealkylation sites (N-methyl/N-ethyl adjacent to an activating group) is 2. The highest BCUT2D eigenvalue weighted by atomic mass is 16.2. The van der Waals surface area contributed by atoms with E-state index in [1.165, 1.54) is 5.56 Å². The van der Waals surface area contributed by atoms with Crippen molar-refractivity contribution < 1.29 is 4.79 Å². The maximum absolute atomic E-state index is 13.1. The van der Waals surface area contributed by atoms with Crippen LogP contribution in [0.25, 0.3) is 28.2 Å². The predicted molar refractivity (Wildman–Crippen MR) is 142 cm³/mol. The van der Waals surface area contributed by atoms with Gasteiger partial charge in [0.1, 0.15) is 6.33 Å². The smallest absolute Gasteiger partial charge is 0.240 e. The van der Waals surface area contributed by atoms with E-state index in [1.54, 1.807) is 6.33 Å². The van der Waals surface area contributed by atoms with E-state index in [0.717, 1.165) is 58.7 Å². The minimum Gasteiger partial charge on any atom is -0.338 e. The molecule has 2 atom stereocenters. The summed E-state index contributed by atoms with van der Waals surface area (Å²) in [7, 11) is 3.95. The molecule has 8 nitrogen and oxygen atoms in total. The topological polar surface area (TPSA) is 82.4 Å². The molecule has 188 valence electrons. The lowest BCUT2D eigenvalue weighted by Gasteiger charge is -2.30. The van der Waals surface area contributed by atoms with Gasteiger partial charge in [-0.25, -0.2) is 9.50 Å². The summed E-state index contributed by atoms with van der Waals surface area (Å²) in [5.41, 5.74) is 8.26. The number of hydrogen-bond donors (Lipinski definition) is 1. The van der Waals surface area contributed by atoms with E-state index in [9.17, 15) is 4.79 Å². The highest BCUT2D eigenvalue weighted by Gasteiger charge is 2.32. The number of fused-ring (bicyclic) bond motifs is 1. The Morgan fingerprint density at radius 3 is 2.58 bits per heavy atom. The lowest BCUT2D eigenvalue weighted by molar-refractivity contribution is -0.136. The summed E-state index contributed by atoms with van der Waals surface area (Å²) in [5, 5.41) is 12.4. The molecule has 1 aromatic carbocycles. The van der Waals surface area contributed by atoms with Crippen molar-refractivity contribution in [2.45, 2.75) is 58.5 Å². The second kappa shape index (κ2) is 9.50. The van der Waals surface area contributed by atoms with Gasteiger partial charge in [0.15, 0.2) is 5.65 Å². The van der Waals surface area contributed by atoms with Gasteiger partial charge in [0.2, 0.25) is 5.91 Å². The number of amides is 1. The second-order valence-corrected chi connectivity index (χ2v) is 10.3. The maximum atomic E-state index is 13.1. The van der Waals surface area contributed by atoms with Crippen molar-refractivity contribution in [1.29, 1.82) is 0 Å². The summed E-state index contributed by atoms with van der Waals surface area (Å²) in [4.78, 5) is 21.4. The summed E-state index contributed by atoms with van der Waals surface area (Å²) in [5.74, 6) is 0.469. The zero-order valence-corrected chi connectivity index (χ0v) is 22.0. The average molecular weight is 486 g/mol. The fraction of sp³-hybridized carbons (Fsp3) is 0.429. The first-order valence-corrected chi connectivity index (χ1v) is 12.7. The zero-order chi connectivity index (χ0) is 25.6. The molecule has 8 heteroatoms. The summed E-state index contributed by atoms with van der Waals surface area (Å²) in [6, 6.07) is 10.6. The number of H-pyrrole nitrogens is 1. The number of likely N-dealkylation sites (tertiary alicyclic amines) is 1. The van der Waals surface area contributed by atoms with Gasteiger partial charge in [0.05, 0.1) is 23.5 Å². The number of pyridine rings is 1. The van der Waals surface area contributed by atoms with Gasteiger partial charge in [-0.05, 0) is 63.4 Å². The first-order chi connectivity index (χ1) is 17.3. The fourth-order valence-electron chi connectivity index (χ4n) is 5.37. The molecule has 36 heavy (non-hydrogen) atoms. The van der Waals surface area contributed by atoms with E-state index in [1.807, 2.05) is 36.6 Å². The number of hydrogen-bond acceptors (Lipinski definition) is 5. The Hall–Kier alpha value is -3.52. The summed E-state index contributed by atoms with van der Waals surface area (Å²) >= 11 is 0. The minimum atomic E-state index is -0.00632. The molecular formula is C28H35N7O. The van der Waals surface area contributed by atoms with E-state index in [-0.39, 0.29) is 23.9 Å². The average Bonchev–Trinajstić information content (AvgIpc) is 3.62. The molecule has 4 heterocycles. The Morgan fingerprint density at radius 2 is 1.92 bits per heavy atom. The van der Waals surface area contributed by atoms with Crippen molar-refractivity contribution in [3.63, 3.8) is 0 Å². The summed E-state index contributed by atoms with van der Waals surface area (Å²) in [6.07, 6.45) is 5.60. The molecule has 0 unspecified atom stereocenters. The SMILES string of the molecule is Cc1cc(-c2[nH]nc(-c3ccc([C@H](C)N(C)C(=O)[C@@H]4CCCN4C)cc3)c2C(C)C)cn2ncnc12. The van der Waals surface area contributed by atoms with Crippen LogP contribution in [-0.2, 0) is 4.79 Å². The molecule has 1 fully saturated rings. The Balaban J connectivity index is 1.43. The van der Waals surface area contributed by atoms with E-state index in [0.29, 0.717) is 0 Å². The van der Waals surface area contributed by atoms with Crippen LogP contribution in [-0.4, -0.2) is 67.2 Å². The Labute approximate surface area is 212 Å². The van der Waals surface area contributed by atoms with E-state index in [2.05, 4.69) is 71.2 Å². The molecule has 3 aromatic heterocycles. The van der Waals surface area contributed by atoms with Gasteiger partial charge >= 0.3 is 0 Å². The van der Waals surface area contributed by atoms with Gasteiger partial charge in [-0.15, -0.1) is 0 Å². The maximum Gasteiger partial charge on any atom is 0.240 e. The molecule has 0 radical (unpaired) electrons. The van der Waals surface area contributed by atoms with Crippen molar-refractivity contribution in [3.8, 4) is 22.5 Å². The zero-order valence-electron chi connectivity index (χ0n) is 22.0. The third kappa shape index (κ3) is 4.19. The normalized spacial score (nSPS) is 17.2. The van der Waals surface area contributed by atoms with Crippen LogP contribution in [0.1, 0.15) is 62.3 Å². The summed E-state index contributed by atoms with van der Waals surface area (Å²) < 4.78 is 1.81. The highest BCUT2D eigenvalue weighted by molar-refractivity contribution is 5.82. The third-order valence-electron chi connectivity index (χ3n) is 7.63. The molecule has 0 aliphatic carbocycles. The van der Waals surface area contributed by atoms with Gasteiger partial charge in [0.25, 0.3) is 0 Å². The molecule has 1 N–H and O–H groups in total. The Kier molecular flexibility index (Phi) is 6.38. The van der Waals surface area contributed by atoms with Crippen molar-refractivity contribution in [2.24, 2.45) is 0 Å². The van der Waals surface area contributed by atoms with E-state index >= 15 is 0 Å². The highest BCUT2D eigenvalue weighted by Crippen LogP contribution is 2.36. The molecule has 5 rings (SSSR count). The lowest BCUT2D eigenvalue weighted by atomic mass is 9.93. The van der Waals surface area contributed by atoms with Crippen molar-refractivity contribution in [1.82, 2.24) is 34.6 Å². The number of carbonyl (C=O) groups excluding carboxylic acids is 1. The van der Waals surface area contributed by atoms with E-state index < -0.39 is 0 Å². The molecule has 0 saturated carbocycles. The number of nitrogens with zero attached hydrogens (tertiary/aromatic N) is 6. The minimum absolute atomic E-state index is 0.00255. The Morgan fingerprint density at radius 1 is 1.17 bits per heavy atom. The molecule has 0 spiro atoms. The lowest BCUT2D eigenvalue weighted by Crippen LogP contribution is -2.43. The number of benzene rings is 1. The van der Waals surface area contributed by atoms with Crippen LogP contribution >= 0.6 is 0 Å². The molecule has 1 aliphatic heterocycles. The van der Waals surface area contributed by atoms with Crippen LogP contribution < -0.4 is 0 Å². The summed E-state index contributed by atoms with van der Waals surface area (Å²) in [6.45, 7) is 9.51. The molecule has 4 aromatic rings. The van der Waals surface area contributed by atoms with Crippen LogP contribution in [0.15, 0.2) is 42.9 Å². The van der Waals surface area contributed by atoms with Gasteiger partial charge in [-0.1, -0.05) is 38.1 Å². The fourth-order valence-corrected chi connectivity index (χ4v) is 5.37. The quantitative estimate of drug-likeness (QED) is 0.423. The monoisotopic (exact) mass is 485 g/mol. The van der Waals surface area contributed by atoms with Crippen molar-refractivity contribution in [2.75, 3.05) is 20.6 Å². The largest absolute Gasteiger partial charge is 0.338 e. The number of rotatable bonds is 6. The second-order valence-electron chi connectivity index (χ2n) is 10.3. The number of aromatic nitrogens is 5. The molecular weight excluding hydrogens is 450 g/mol. The molecule has 1 saturated heterocycles. The Bertz CT molecular complexity index is 1380. The number of aromatic amines is 1. The van der Waals surface area contributed by atoms with Gasteiger partial charge in [-0.2, -0.15) is 10.2 Å². The molecule has 1 aliphatic rings. The van der Waals surface area contributed by atoms with Crippen LogP contribution in [0.5, 0.6) is 0 Å². The van der Waals surface area contributed by atoms with Gasteiger partial charge in [-0.3, -0.25) is 14.8 Å².